The number of carboxylic acid groups (broad SMARTS) is 1. The quantitative estimate of drug-likeness (QED) is 0.598. The number of ether oxygens (including phenoxy) is 2. The lowest BCUT2D eigenvalue weighted by molar-refractivity contribution is -0.138. The zero-order valence-electron chi connectivity index (χ0n) is 14.4. The SMILES string of the molecule is CCc1ccc(OCCOCCn2cnc(C[C@H](N)C(=O)O)c2)cc1. The van der Waals surface area contributed by atoms with E-state index in [1.165, 1.54) is 5.56 Å². The molecule has 0 aliphatic rings. The number of carbonyl (C=O) groups is 1. The Kier molecular flexibility index (Phi) is 7.43. The maximum atomic E-state index is 10.7. The molecule has 0 bridgehead atoms. The van der Waals surface area contributed by atoms with Crippen molar-refractivity contribution in [2.45, 2.75) is 32.4 Å². The molecule has 3 N–H and O–H groups in total. The summed E-state index contributed by atoms with van der Waals surface area (Å²) in [5, 5.41) is 8.79. The maximum absolute atomic E-state index is 10.7. The number of hydrogen-bond donors (Lipinski definition) is 2. The molecule has 1 aromatic heterocycles. The average molecular weight is 347 g/mol. The lowest BCUT2D eigenvalue weighted by atomic mass is 10.2. The molecule has 0 spiro atoms. The highest BCUT2D eigenvalue weighted by Gasteiger charge is 2.13. The molecule has 25 heavy (non-hydrogen) atoms. The molecule has 1 atom stereocenters. The third-order valence-corrected chi connectivity index (χ3v) is 3.75. The summed E-state index contributed by atoms with van der Waals surface area (Å²) in [5.41, 5.74) is 7.44. The minimum atomic E-state index is -1.03. The number of aliphatic carboxylic acids is 1. The summed E-state index contributed by atoms with van der Waals surface area (Å²) in [6.45, 7) is 4.28. The van der Waals surface area contributed by atoms with E-state index < -0.39 is 12.0 Å². The first-order valence-electron chi connectivity index (χ1n) is 8.37. The van der Waals surface area contributed by atoms with Crippen LogP contribution in [0.25, 0.3) is 0 Å². The van der Waals surface area contributed by atoms with E-state index in [1.807, 2.05) is 16.7 Å². The van der Waals surface area contributed by atoms with E-state index in [2.05, 4.69) is 24.0 Å². The fourth-order valence-corrected chi connectivity index (χ4v) is 2.26. The molecule has 0 fully saturated rings. The van der Waals surface area contributed by atoms with Crippen molar-refractivity contribution in [3.63, 3.8) is 0 Å². The van der Waals surface area contributed by atoms with E-state index in [4.69, 9.17) is 20.3 Å². The lowest BCUT2D eigenvalue weighted by Crippen LogP contribution is -2.32. The first-order chi connectivity index (χ1) is 12.1. The number of hydrogen-bond acceptors (Lipinski definition) is 5. The zero-order chi connectivity index (χ0) is 18.1. The van der Waals surface area contributed by atoms with Gasteiger partial charge < -0.3 is 24.9 Å². The van der Waals surface area contributed by atoms with Gasteiger partial charge >= 0.3 is 5.97 Å². The van der Waals surface area contributed by atoms with Crippen LogP contribution in [0.1, 0.15) is 18.2 Å². The smallest absolute Gasteiger partial charge is 0.320 e. The van der Waals surface area contributed by atoms with Gasteiger partial charge in [-0.25, -0.2) is 4.98 Å². The van der Waals surface area contributed by atoms with Crippen LogP contribution in [0.2, 0.25) is 0 Å². The van der Waals surface area contributed by atoms with Crippen LogP contribution < -0.4 is 10.5 Å². The van der Waals surface area contributed by atoms with Gasteiger partial charge in [-0.05, 0) is 24.1 Å². The molecule has 7 nitrogen and oxygen atoms in total. The van der Waals surface area contributed by atoms with Gasteiger partial charge in [-0.1, -0.05) is 19.1 Å². The summed E-state index contributed by atoms with van der Waals surface area (Å²) >= 11 is 0. The predicted octanol–water partition coefficient (Wildman–Crippen LogP) is 1.50. The van der Waals surface area contributed by atoms with Crippen molar-refractivity contribution in [3.8, 4) is 5.75 Å². The number of benzene rings is 1. The predicted molar refractivity (Wildman–Crippen MR) is 93.7 cm³/mol. The highest BCUT2D eigenvalue weighted by atomic mass is 16.5. The summed E-state index contributed by atoms with van der Waals surface area (Å²) in [7, 11) is 0. The van der Waals surface area contributed by atoms with Crippen molar-refractivity contribution in [1.29, 1.82) is 0 Å². The van der Waals surface area contributed by atoms with Crippen LogP contribution in [0.15, 0.2) is 36.8 Å². The van der Waals surface area contributed by atoms with Crippen LogP contribution in [-0.4, -0.2) is 46.5 Å². The highest BCUT2D eigenvalue weighted by Crippen LogP contribution is 2.12. The number of nitrogens with zero attached hydrogens (tertiary/aromatic N) is 2. The number of carboxylic acids is 1. The number of rotatable bonds is 11. The molecule has 0 saturated carbocycles. The van der Waals surface area contributed by atoms with E-state index >= 15 is 0 Å². The van der Waals surface area contributed by atoms with Gasteiger partial charge in [-0.15, -0.1) is 0 Å². The molecule has 7 heteroatoms. The Hall–Kier alpha value is -2.38. The molecular formula is C18H25N3O4. The second-order valence-corrected chi connectivity index (χ2v) is 5.71. The van der Waals surface area contributed by atoms with Crippen LogP contribution in [0, 0.1) is 0 Å². The van der Waals surface area contributed by atoms with Gasteiger partial charge in [0.05, 0.1) is 25.2 Å². The number of aryl methyl sites for hydroxylation is 1. The van der Waals surface area contributed by atoms with E-state index in [-0.39, 0.29) is 6.42 Å². The zero-order valence-corrected chi connectivity index (χ0v) is 14.4. The minimum absolute atomic E-state index is 0.216. The van der Waals surface area contributed by atoms with Gasteiger partial charge in [0.25, 0.3) is 0 Å². The molecule has 2 aromatic rings. The molecule has 1 aromatic carbocycles. The average Bonchev–Trinajstić information content (AvgIpc) is 3.05. The van der Waals surface area contributed by atoms with Crippen molar-refractivity contribution < 1.29 is 19.4 Å². The Bertz CT molecular complexity index is 655. The molecule has 0 unspecified atom stereocenters. The molecule has 0 amide bonds. The summed E-state index contributed by atoms with van der Waals surface area (Å²) < 4.78 is 13.0. The molecule has 0 aliphatic carbocycles. The monoisotopic (exact) mass is 347 g/mol. The fourth-order valence-electron chi connectivity index (χ4n) is 2.26. The Morgan fingerprint density at radius 2 is 2.04 bits per heavy atom. The van der Waals surface area contributed by atoms with Crippen LogP contribution in [0.4, 0.5) is 0 Å². The van der Waals surface area contributed by atoms with E-state index in [9.17, 15) is 4.79 Å². The first kappa shape index (κ1) is 19.0. The second kappa shape index (κ2) is 9.80. The summed E-state index contributed by atoms with van der Waals surface area (Å²) in [5.74, 6) is -0.183. The standard InChI is InChI=1S/C18H25N3O4/c1-2-14-3-5-16(6-4-14)25-10-9-24-8-7-21-12-15(20-13-21)11-17(19)18(22)23/h3-6,12-13,17H,2,7-11,19H2,1H3,(H,22,23)/t17-/m0/s1. The second-order valence-electron chi connectivity index (χ2n) is 5.71. The van der Waals surface area contributed by atoms with Crippen molar-refractivity contribution in [2.24, 2.45) is 5.73 Å². The molecule has 0 aliphatic heterocycles. The normalized spacial score (nSPS) is 12.1. The number of nitrogens with two attached hydrogens (primary N) is 1. The molecule has 0 radical (unpaired) electrons. The van der Waals surface area contributed by atoms with E-state index in [1.54, 1.807) is 12.5 Å². The van der Waals surface area contributed by atoms with Gasteiger partial charge in [0, 0.05) is 19.2 Å². The Balaban J connectivity index is 1.59. The third-order valence-electron chi connectivity index (χ3n) is 3.75. The number of aromatic nitrogens is 2. The summed E-state index contributed by atoms with van der Waals surface area (Å²) in [6.07, 6.45) is 4.67. The van der Waals surface area contributed by atoms with Gasteiger partial charge in [0.2, 0.25) is 0 Å². The van der Waals surface area contributed by atoms with E-state index in [0.717, 1.165) is 12.2 Å². The van der Waals surface area contributed by atoms with Crippen molar-refractivity contribution >= 4 is 5.97 Å². The van der Waals surface area contributed by atoms with Gasteiger partial charge in [-0.2, -0.15) is 0 Å². The van der Waals surface area contributed by atoms with Crippen LogP contribution >= 0.6 is 0 Å². The van der Waals surface area contributed by atoms with Gasteiger partial charge in [0.15, 0.2) is 0 Å². The summed E-state index contributed by atoms with van der Waals surface area (Å²) in [6, 6.07) is 7.12. The Morgan fingerprint density at radius 3 is 2.72 bits per heavy atom. The number of imidazole rings is 1. The van der Waals surface area contributed by atoms with Crippen molar-refractivity contribution in [2.75, 3.05) is 19.8 Å². The summed E-state index contributed by atoms with van der Waals surface area (Å²) in [4.78, 5) is 14.9. The highest BCUT2D eigenvalue weighted by molar-refractivity contribution is 5.73. The maximum Gasteiger partial charge on any atom is 0.320 e. The molecule has 1 heterocycles. The molecule has 0 saturated heterocycles. The van der Waals surface area contributed by atoms with Gasteiger partial charge in [0.1, 0.15) is 18.4 Å². The van der Waals surface area contributed by atoms with Gasteiger partial charge in [-0.3, -0.25) is 4.79 Å². The largest absolute Gasteiger partial charge is 0.491 e. The van der Waals surface area contributed by atoms with Crippen LogP contribution in [0.3, 0.4) is 0 Å². The van der Waals surface area contributed by atoms with Crippen LogP contribution in [-0.2, 0) is 28.9 Å². The molecule has 2 rings (SSSR count). The lowest BCUT2D eigenvalue weighted by Gasteiger charge is -2.08. The van der Waals surface area contributed by atoms with Crippen molar-refractivity contribution in [1.82, 2.24) is 9.55 Å². The molecular weight excluding hydrogens is 322 g/mol. The van der Waals surface area contributed by atoms with Crippen LogP contribution in [0.5, 0.6) is 5.75 Å². The third kappa shape index (κ3) is 6.56. The van der Waals surface area contributed by atoms with Crippen molar-refractivity contribution in [3.05, 3.63) is 48.0 Å². The minimum Gasteiger partial charge on any atom is -0.491 e. The Morgan fingerprint density at radius 1 is 1.28 bits per heavy atom. The first-order valence-corrected chi connectivity index (χ1v) is 8.37. The topological polar surface area (TPSA) is 99.6 Å². The fraction of sp³-hybridized carbons (Fsp3) is 0.444. The molecule has 136 valence electrons. The van der Waals surface area contributed by atoms with E-state index in [0.29, 0.717) is 32.1 Å². The Labute approximate surface area is 147 Å².